The minimum atomic E-state index is -4.61. The van der Waals surface area contributed by atoms with Gasteiger partial charge in [0.1, 0.15) is 0 Å². The smallest absolute Gasteiger partial charge is 0 e. The minimum Gasteiger partial charge on any atom is 0 e. The summed E-state index contributed by atoms with van der Waals surface area (Å²) in [6, 6.07) is 0. The van der Waals surface area contributed by atoms with Crippen LogP contribution in [0.25, 0.3) is 0 Å². The van der Waals surface area contributed by atoms with Gasteiger partial charge in [-0.05, 0) is 0 Å². The van der Waals surface area contributed by atoms with E-state index < -0.39 is 9.05 Å². The van der Waals surface area contributed by atoms with Gasteiger partial charge in [-0.3, -0.25) is 0 Å². The molecule has 0 bridgehead atoms. The molecule has 0 saturated heterocycles. The normalized spacial score (nSPS) is 8.57. The van der Waals surface area contributed by atoms with Gasteiger partial charge in [-0.1, -0.05) is 0 Å². The minimum absolute atomic E-state index is 0. The van der Waals surface area contributed by atoms with E-state index in [1.54, 1.807) is 0 Å². The van der Waals surface area contributed by atoms with Crippen LogP contribution in [-0.4, -0.2) is 57.8 Å². The van der Waals surface area contributed by atoms with E-state index >= 15 is 0 Å². The molecular weight excluding hydrogens is 166 g/mol. The summed E-state index contributed by atoms with van der Waals surface area (Å²) in [6.45, 7) is 0. The summed E-state index contributed by atoms with van der Waals surface area (Å²) in [5, 5.41) is 0. The molecule has 0 amide bonds. The Balaban J connectivity index is -0.0000000800. The standard InChI is InChI=1S/Na.H4O4Si.V.H/c;1-5(2,3)4;;/h;1-4H;;. The van der Waals surface area contributed by atoms with Crippen molar-refractivity contribution in [3.05, 3.63) is 0 Å². The summed E-state index contributed by atoms with van der Waals surface area (Å²) >= 11 is 0. The van der Waals surface area contributed by atoms with Gasteiger partial charge in [-0.2, -0.15) is 0 Å². The molecular formula is H5NaO4SiV. The molecule has 0 heterocycles. The van der Waals surface area contributed by atoms with Crippen LogP contribution in [0, 0.1) is 0 Å². The number of hydrogen-bond donors (Lipinski definition) is 4. The summed E-state index contributed by atoms with van der Waals surface area (Å²) < 4.78 is 0. The van der Waals surface area contributed by atoms with Gasteiger partial charge in [-0.25, -0.2) is 0 Å². The zero-order valence-electron chi connectivity index (χ0n) is 2.74. The summed E-state index contributed by atoms with van der Waals surface area (Å²) in [4.78, 5) is 29.3. The second-order valence-electron chi connectivity index (χ2n) is 0.600. The quantitative estimate of drug-likeness (QED) is 0.288. The van der Waals surface area contributed by atoms with Crippen molar-refractivity contribution in [1.29, 1.82) is 0 Å². The van der Waals surface area contributed by atoms with E-state index in [-0.39, 0.29) is 48.1 Å². The van der Waals surface area contributed by atoms with Crippen LogP contribution in [-0.2, 0) is 18.6 Å². The fourth-order valence-electron chi connectivity index (χ4n) is 0. The van der Waals surface area contributed by atoms with Crippen molar-refractivity contribution in [3.8, 4) is 0 Å². The van der Waals surface area contributed by atoms with Gasteiger partial charge in [0.15, 0.2) is 0 Å². The maximum atomic E-state index is 7.33. The largest absolute Gasteiger partial charge is 0 e. The summed E-state index contributed by atoms with van der Waals surface area (Å²) in [7, 11) is -4.61. The number of hydrogen-bond acceptors (Lipinski definition) is 4. The molecule has 0 atom stereocenters. The van der Waals surface area contributed by atoms with E-state index in [0.29, 0.717) is 0 Å². The van der Waals surface area contributed by atoms with Crippen LogP contribution in [0.2, 0.25) is 0 Å². The van der Waals surface area contributed by atoms with Crippen LogP contribution in [0.5, 0.6) is 0 Å². The van der Waals surface area contributed by atoms with Gasteiger partial charge >= 0.3 is 38.6 Å². The first kappa shape index (κ1) is 15.9. The first-order valence-corrected chi connectivity index (χ1v) is 2.68. The van der Waals surface area contributed by atoms with Crippen LogP contribution in [0.3, 0.4) is 0 Å². The Kier molecular flexibility index (Phi) is 13.1. The molecule has 0 aromatic carbocycles. The van der Waals surface area contributed by atoms with Crippen LogP contribution in [0.1, 0.15) is 0 Å². The van der Waals surface area contributed by atoms with Crippen molar-refractivity contribution in [2.24, 2.45) is 0 Å². The fourth-order valence-corrected chi connectivity index (χ4v) is 0. The maximum absolute atomic E-state index is 7.33. The van der Waals surface area contributed by atoms with E-state index in [1.165, 1.54) is 0 Å². The van der Waals surface area contributed by atoms with Crippen molar-refractivity contribution in [2.45, 2.75) is 0 Å². The van der Waals surface area contributed by atoms with Gasteiger partial charge in [0.05, 0.1) is 0 Å². The van der Waals surface area contributed by atoms with E-state index in [0.717, 1.165) is 0 Å². The van der Waals surface area contributed by atoms with E-state index in [9.17, 15) is 0 Å². The third-order valence-corrected chi connectivity index (χ3v) is 0. The average molecular weight is 171 g/mol. The third kappa shape index (κ3) is 90.3. The van der Waals surface area contributed by atoms with Crippen LogP contribution < -0.4 is 0 Å². The van der Waals surface area contributed by atoms with Gasteiger partial charge in [0.25, 0.3) is 0 Å². The molecule has 7 heteroatoms. The van der Waals surface area contributed by atoms with Crippen molar-refractivity contribution < 1.29 is 37.7 Å². The van der Waals surface area contributed by atoms with Crippen LogP contribution in [0.4, 0.5) is 0 Å². The van der Waals surface area contributed by atoms with Crippen LogP contribution in [0.15, 0.2) is 0 Å². The Morgan fingerprint density at radius 1 is 0.857 bits per heavy atom. The number of rotatable bonds is 0. The topological polar surface area (TPSA) is 80.9 Å². The Morgan fingerprint density at radius 3 is 0.857 bits per heavy atom. The Hall–Kier alpha value is 1.64. The molecule has 0 rings (SSSR count). The Bertz CT molecular complexity index is 27.2. The second kappa shape index (κ2) is 5.77. The monoisotopic (exact) mass is 171 g/mol. The second-order valence-corrected chi connectivity index (χ2v) is 1.80. The molecule has 0 aliphatic rings. The fraction of sp³-hybridized carbons (Fsp3) is 0. The van der Waals surface area contributed by atoms with Gasteiger partial charge in [-0.15, -0.1) is 0 Å². The predicted molar refractivity (Wildman–Crippen MR) is 21.8 cm³/mol. The molecule has 0 aromatic rings. The van der Waals surface area contributed by atoms with E-state index in [4.69, 9.17) is 19.2 Å². The molecule has 39 valence electrons. The van der Waals surface area contributed by atoms with Gasteiger partial charge in [0.2, 0.25) is 0 Å². The summed E-state index contributed by atoms with van der Waals surface area (Å²) in [5.41, 5.74) is 0. The molecule has 0 saturated carbocycles. The molecule has 0 aliphatic heterocycles. The third-order valence-electron chi connectivity index (χ3n) is 0. The predicted octanol–water partition coefficient (Wildman–Crippen LogP) is -3.26. The molecule has 4 N–H and O–H groups in total. The summed E-state index contributed by atoms with van der Waals surface area (Å²) in [5.74, 6) is 0. The maximum Gasteiger partial charge on any atom is 0 e. The summed E-state index contributed by atoms with van der Waals surface area (Å²) in [6.07, 6.45) is 0. The zero-order chi connectivity index (χ0) is 4.50. The molecule has 7 heavy (non-hydrogen) atoms. The van der Waals surface area contributed by atoms with Crippen molar-refractivity contribution in [2.75, 3.05) is 0 Å². The first-order chi connectivity index (χ1) is 2.00. The zero-order valence-corrected chi connectivity index (χ0v) is 5.13. The molecule has 0 fully saturated rings. The van der Waals surface area contributed by atoms with E-state index in [2.05, 4.69) is 0 Å². The Morgan fingerprint density at radius 2 is 0.857 bits per heavy atom. The van der Waals surface area contributed by atoms with Crippen molar-refractivity contribution >= 4 is 38.6 Å². The first-order valence-electron chi connectivity index (χ1n) is 0.894. The average Bonchev–Trinajstić information content (AvgIpc) is 0.722. The molecule has 0 aromatic heterocycles. The van der Waals surface area contributed by atoms with Gasteiger partial charge < -0.3 is 19.2 Å². The van der Waals surface area contributed by atoms with Crippen molar-refractivity contribution in [1.82, 2.24) is 0 Å². The van der Waals surface area contributed by atoms with E-state index in [1.807, 2.05) is 0 Å². The molecule has 0 aliphatic carbocycles. The van der Waals surface area contributed by atoms with Crippen molar-refractivity contribution in [3.63, 3.8) is 0 Å². The molecule has 0 unspecified atom stereocenters. The van der Waals surface area contributed by atoms with Gasteiger partial charge in [0, 0.05) is 18.6 Å². The molecule has 0 spiro atoms. The SMILES string of the molecule is O[Si](O)(O)O.[NaH].[V]. The molecule has 4 nitrogen and oxygen atoms in total. The van der Waals surface area contributed by atoms with Crippen LogP contribution >= 0.6 is 0 Å². The Labute approximate surface area is 75.8 Å². The molecule has 1 radical (unpaired) electrons.